The number of unbranched alkanes of at least 4 members (excludes halogenated alkanes) is 22. The van der Waals surface area contributed by atoms with Gasteiger partial charge >= 0.3 is 17.9 Å². The van der Waals surface area contributed by atoms with E-state index in [1.54, 1.807) is 0 Å². The second kappa shape index (κ2) is 35.1. The summed E-state index contributed by atoms with van der Waals surface area (Å²) in [5.41, 5.74) is 0. The number of allylic oxidation sites excluding steroid dienone is 2. The van der Waals surface area contributed by atoms with Gasteiger partial charge in [-0.25, -0.2) is 4.79 Å². The second-order valence-corrected chi connectivity index (χ2v) is 15.6. The van der Waals surface area contributed by atoms with Crippen molar-refractivity contribution in [2.24, 2.45) is 0 Å². The highest BCUT2D eigenvalue weighted by Crippen LogP contribution is 2.14. The van der Waals surface area contributed by atoms with Crippen molar-refractivity contribution in [3.05, 3.63) is 12.2 Å². The SMILES string of the molecule is CCCCCCCCC/C=C/CCCCCCCC(=O)OC(COCCC(C(=O)O)[N+](C)(C)C)COC(=O)CCCCCCCCCCCCC. The average molecular weight is 725 g/mol. The highest BCUT2D eigenvalue weighted by molar-refractivity contribution is 5.72. The van der Waals surface area contributed by atoms with Crippen molar-refractivity contribution in [2.45, 2.75) is 206 Å². The highest BCUT2D eigenvalue weighted by Gasteiger charge is 2.31. The Balaban J connectivity index is 4.35. The van der Waals surface area contributed by atoms with Crippen LogP contribution in [0.3, 0.4) is 0 Å². The molecule has 300 valence electrons. The third-order valence-electron chi connectivity index (χ3n) is 9.66. The van der Waals surface area contributed by atoms with Crippen LogP contribution in [0.25, 0.3) is 0 Å². The number of carbonyl (C=O) groups excluding carboxylic acids is 2. The number of nitrogens with zero attached hydrogens (tertiary/aromatic N) is 1. The standard InChI is InChI=1S/C43H81NO7/c1-6-8-10-12-14-16-18-19-20-21-22-24-26-28-30-32-34-42(46)51-39(37-49-36-35-40(43(47)48)44(3,4)5)38-50-41(45)33-31-29-27-25-23-17-15-13-11-9-7-2/h20-21,39-40H,6-19,22-38H2,1-5H3/p+1/b21-20+. The molecule has 0 aliphatic rings. The van der Waals surface area contributed by atoms with Gasteiger partial charge in [-0.15, -0.1) is 0 Å². The lowest BCUT2D eigenvalue weighted by atomic mass is 10.1. The van der Waals surface area contributed by atoms with Gasteiger partial charge in [0.2, 0.25) is 0 Å². The van der Waals surface area contributed by atoms with Gasteiger partial charge in [-0.1, -0.05) is 148 Å². The summed E-state index contributed by atoms with van der Waals surface area (Å²) >= 11 is 0. The van der Waals surface area contributed by atoms with E-state index in [1.807, 2.05) is 21.1 Å². The Morgan fingerprint density at radius 3 is 1.41 bits per heavy atom. The van der Waals surface area contributed by atoms with Crippen molar-refractivity contribution in [2.75, 3.05) is 41.0 Å². The van der Waals surface area contributed by atoms with Crippen molar-refractivity contribution < 1.29 is 38.2 Å². The molecule has 0 amide bonds. The van der Waals surface area contributed by atoms with Crippen molar-refractivity contribution in [3.63, 3.8) is 0 Å². The van der Waals surface area contributed by atoms with E-state index in [4.69, 9.17) is 14.2 Å². The van der Waals surface area contributed by atoms with Crippen LogP contribution in [0.2, 0.25) is 0 Å². The molecule has 0 saturated heterocycles. The fourth-order valence-electron chi connectivity index (χ4n) is 6.32. The molecule has 0 aromatic rings. The molecular formula is C43H82NO7+. The Morgan fingerprint density at radius 1 is 0.569 bits per heavy atom. The summed E-state index contributed by atoms with van der Waals surface area (Å²) in [7, 11) is 5.52. The first-order valence-corrected chi connectivity index (χ1v) is 21.2. The first kappa shape index (κ1) is 49.1. The van der Waals surface area contributed by atoms with Crippen LogP contribution in [0.15, 0.2) is 12.2 Å². The van der Waals surface area contributed by atoms with Crippen LogP contribution in [0.4, 0.5) is 0 Å². The van der Waals surface area contributed by atoms with Crippen molar-refractivity contribution in [1.29, 1.82) is 0 Å². The third kappa shape index (κ3) is 33.6. The number of hydrogen-bond donors (Lipinski definition) is 1. The minimum Gasteiger partial charge on any atom is -0.477 e. The molecule has 0 bridgehead atoms. The molecule has 0 fully saturated rings. The molecule has 0 radical (unpaired) electrons. The predicted molar refractivity (Wildman–Crippen MR) is 211 cm³/mol. The van der Waals surface area contributed by atoms with Gasteiger partial charge in [-0.3, -0.25) is 9.59 Å². The van der Waals surface area contributed by atoms with Gasteiger partial charge in [0.15, 0.2) is 12.1 Å². The van der Waals surface area contributed by atoms with Crippen LogP contribution < -0.4 is 0 Å². The topological polar surface area (TPSA) is 99.1 Å². The summed E-state index contributed by atoms with van der Waals surface area (Å²) in [4.78, 5) is 36.8. The van der Waals surface area contributed by atoms with Crippen molar-refractivity contribution in [1.82, 2.24) is 0 Å². The van der Waals surface area contributed by atoms with Crippen LogP contribution in [0.1, 0.15) is 194 Å². The highest BCUT2D eigenvalue weighted by atomic mass is 16.6. The minimum absolute atomic E-state index is 0.0488. The molecule has 1 N–H and O–H groups in total. The summed E-state index contributed by atoms with van der Waals surface area (Å²) in [6.45, 7) is 4.73. The normalized spacial score (nSPS) is 13.0. The van der Waals surface area contributed by atoms with E-state index < -0.39 is 18.1 Å². The van der Waals surface area contributed by atoms with Gasteiger partial charge in [0, 0.05) is 19.3 Å². The Labute approximate surface area is 314 Å². The van der Waals surface area contributed by atoms with Gasteiger partial charge in [-0.2, -0.15) is 0 Å². The number of ether oxygens (including phenoxy) is 3. The first-order valence-electron chi connectivity index (χ1n) is 21.2. The first-order chi connectivity index (χ1) is 24.6. The predicted octanol–water partition coefficient (Wildman–Crippen LogP) is 11.1. The van der Waals surface area contributed by atoms with Gasteiger partial charge in [0.1, 0.15) is 6.61 Å². The number of esters is 2. The van der Waals surface area contributed by atoms with E-state index >= 15 is 0 Å². The van der Waals surface area contributed by atoms with E-state index in [9.17, 15) is 19.5 Å². The molecular weight excluding hydrogens is 642 g/mol. The fourth-order valence-corrected chi connectivity index (χ4v) is 6.32. The Kier molecular flexibility index (Phi) is 33.8. The average Bonchev–Trinajstić information content (AvgIpc) is 3.08. The molecule has 2 atom stereocenters. The second-order valence-electron chi connectivity index (χ2n) is 15.6. The molecule has 0 aromatic carbocycles. The van der Waals surface area contributed by atoms with Crippen LogP contribution >= 0.6 is 0 Å². The van der Waals surface area contributed by atoms with E-state index in [2.05, 4.69) is 26.0 Å². The fraction of sp³-hybridized carbons (Fsp3) is 0.884. The summed E-state index contributed by atoms with van der Waals surface area (Å²) in [6.07, 6.45) is 35.3. The molecule has 8 nitrogen and oxygen atoms in total. The Bertz CT molecular complexity index is 854. The van der Waals surface area contributed by atoms with Crippen LogP contribution in [0.5, 0.6) is 0 Å². The molecule has 8 heteroatoms. The molecule has 0 aliphatic carbocycles. The maximum Gasteiger partial charge on any atom is 0.362 e. The van der Waals surface area contributed by atoms with Crippen LogP contribution in [0, 0.1) is 0 Å². The maximum absolute atomic E-state index is 12.7. The molecule has 0 aliphatic heterocycles. The van der Waals surface area contributed by atoms with E-state index in [0.29, 0.717) is 19.3 Å². The van der Waals surface area contributed by atoms with Gasteiger partial charge in [0.05, 0.1) is 34.4 Å². The van der Waals surface area contributed by atoms with Crippen molar-refractivity contribution in [3.8, 4) is 0 Å². The smallest absolute Gasteiger partial charge is 0.362 e. The van der Waals surface area contributed by atoms with E-state index in [-0.39, 0.29) is 36.2 Å². The zero-order valence-electron chi connectivity index (χ0n) is 34.1. The van der Waals surface area contributed by atoms with Gasteiger partial charge in [0.25, 0.3) is 0 Å². The number of hydrogen-bond acceptors (Lipinski definition) is 6. The van der Waals surface area contributed by atoms with E-state index in [0.717, 1.165) is 51.4 Å². The molecule has 0 aromatic heterocycles. The van der Waals surface area contributed by atoms with Crippen molar-refractivity contribution >= 4 is 17.9 Å². The molecule has 0 rings (SSSR count). The Hall–Kier alpha value is -1.93. The summed E-state index contributed by atoms with van der Waals surface area (Å²) in [6, 6.07) is -0.611. The number of carboxylic acid groups (broad SMARTS) is 1. The minimum atomic E-state index is -0.874. The van der Waals surface area contributed by atoms with Gasteiger partial charge < -0.3 is 23.8 Å². The summed E-state index contributed by atoms with van der Waals surface area (Å²) in [5, 5.41) is 9.60. The zero-order chi connectivity index (χ0) is 37.8. The van der Waals surface area contributed by atoms with Gasteiger partial charge in [-0.05, 0) is 38.5 Å². The zero-order valence-corrected chi connectivity index (χ0v) is 34.1. The third-order valence-corrected chi connectivity index (χ3v) is 9.66. The molecule has 0 saturated carbocycles. The molecule has 2 unspecified atom stereocenters. The molecule has 0 heterocycles. The summed E-state index contributed by atoms with van der Waals surface area (Å²) < 4.78 is 17.2. The maximum atomic E-state index is 12.7. The lowest BCUT2D eigenvalue weighted by Gasteiger charge is -2.31. The lowest BCUT2D eigenvalue weighted by molar-refractivity contribution is -0.887. The monoisotopic (exact) mass is 725 g/mol. The molecule has 0 spiro atoms. The van der Waals surface area contributed by atoms with E-state index in [1.165, 1.54) is 109 Å². The largest absolute Gasteiger partial charge is 0.477 e. The number of quaternary nitrogens is 1. The van der Waals surface area contributed by atoms with Crippen LogP contribution in [-0.2, 0) is 28.6 Å². The number of aliphatic carboxylic acids is 1. The van der Waals surface area contributed by atoms with Crippen LogP contribution in [-0.4, -0.2) is 80.6 Å². The summed E-state index contributed by atoms with van der Waals surface area (Å²) in [5.74, 6) is -1.47. The number of likely N-dealkylation sites (N-methyl/N-ethyl adjacent to an activating group) is 1. The quantitative estimate of drug-likeness (QED) is 0.0293. The Morgan fingerprint density at radius 2 is 0.980 bits per heavy atom. The molecule has 51 heavy (non-hydrogen) atoms. The number of carboxylic acids is 1. The number of rotatable bonds is 38. The lowest BCUT2D eigenvalue weighted by Crippen LogP contribution is -2.50. The number of carbonyl (C=O) groups is 3.